The monoisotopic (exact) mass is 179 g/mol. The van der Waals surface area contributed by atoms with Gasteiger partial charge in [-0.2, -0.15) is 22.0 Å². The van der Waals surface area contributed by atoms with Gasteiger partial charge in [0.15, 0.2) is 0 Å². The van der Waals surface area contributed by atoms with Gasteiger partial charge in [-0.05, 0) is 6.58 Å². The molecule has 0 aromatic carbocycles. The molecular weight excluding hydrogens is 178 g/mol. The van der Waals surface area contributed by atoms with Gasteiger partial charge in [0.05, 0.1) is 5.03 Å². The molecule has 0 heterocycles. The zero-order valence-electron chi connectivity index (χ0n) is 4.35. The first-order valence-corrected chi connectivity index (χ1v) is 2.30. The Morgan fingerprint density at radius 2 is 1.40 bits per heavy atom. The molecule has 0 amide bonds. The zero-order valence-corrected chi connectivity index (χ0v) is 5.10. The maximum atomic E-state index is 11.6. The fraction of sp³-hybridized carbons (Fsp3) is 0.500. The van der Waals surface area contributed by atoms with Gasteiger partial charge in [0.1, 0.15) is 0 Å². The van der Waals surface area contributed by atoms with Gasteiger partial charge in [0, 0.05) is 0 Å². The highest BCUT2D eigenvalue weighted by Gasteiger charge is 2.59. The Labute approximate surface area is 58.3 Å². The SMILES string of the molecule is [CH]=C(Cl)C(F)(F)C(F)(F)F. The minimum absolute atomic E-state index is 1.97. The van der Waals surface area contributed by atoms with E-state index in [1.165, 1.54) is 0 Å². The third kappa shape index (κ3) is 1.59. The molecule has 0 saturated heterocycles. The van der Waals surface area contributed by atoms with Crippen molar-refractivity contribution in [1.82, 2.24) is 0 Å². The number of alkyl halides is 5. The van der Waals surface area contributed by atoms with Gasteiger partial charge in [0.25, 0.3) is 0 Å². The fourth-order valence-electron chi connectivity index (χ4n) is 0.135. The third-order valence-corrected chi connectivity index (χ3v) is 0.893. The lowest BCUT2D eigenvalue weighted by atomic mass is 10.3. The molecule has 10 heavy (non-hydrogen) atoms. The standard InChI is InChI=1S/C4HClF5/c1-2(5)3(6,7)4(8,9)10/h1H. The summed E-state index contributed by atoms with van der Waals surface area (Å²) >= 11 is 4.28. The quantitative estimate of drug-likeness (QED) is 0.543. The van der Waals surface area contributed by atoms with E-state index in [4.69, 9.17) is 0 Å². The summed E-state index contributed by atoms with van der Waals surface area (Å²) in [6, 6.07) is 0. The molecule has 0 rings (SSSR count). The second-order valence-corrected chi connectivity index (χ2v) is 1.83. The molecule has 0 bridgehead atoms. The molecule has 0 fully saturated rings. The maximum Gasteiger partial charge on any atom is 0.459 e. The van der Waals surface area contributed by atoms with E-state index in [1.807, 2.05) is 0 Å². The minimum Gasteiger partial charge on any atom is -0.190 e. The smallest absolute Gasteiger partial charge is 0.190 e. The summed E-state index contributed by atoms with van der Waals surface area (Å²) in [7, 11) is 0. The van der Waals surface area contributed by atoms with E-state index < -0.39 is 17.1 Å². The van der Waals surface area contributed by atoms with Gasteiger partial charge in [-0.25, -0.2) is 0 Å². The molecule has 1 radical (unpaired) electrons. The van der Waals surface area contributed by atoms with Crippen molar-refractivity contribution in [2.24, 2.45) is 0 Å². The van der Waals surface area contributed by atoms with Crippen molar-refractivity contribution in [3.05, 3.63) is 11.6 Å². The Morgan fingerprint density at radius 3 is 1.40 bits per heavy atom. The van der Waals surface area contributed by atoms with E-state index in [1.54, 1.807) is 0 Å². The lowest BCUT2D eigenvalue weighted by Gasteiger charge is -2.17. The van der Waals surface area contributed by atoms with Crippen molar-refractivity contribution >= 4 is 11.6 Å². The van der Waals surface area contributed by atoms with Crippen molar-refractivity contribution in [2.75, 3.05) is 0 Å². The van der Waals surface area contributed by atoms with E-state index in [0.29, 0.717) is 0 Å². The van der Waals surface area contributed by atoms with E-state index >= 15 is 0 Å². The minimum atomic E-state index is -5.71. The summed E-state index contributed by atoms with van der Waals surface area (Å²) in [5, 5.41) is -1.97. The van der Waals surface area contributed by atoms with Crippen LogP contribution in [0.15, 0.2) is 5.03 Å². The van der Waals surface area contributed by atoms with Crippen LogP contribution in [0.5, 0.6) is 0 Å². The van der Waals surface area contributed by atoms with Gasteiger partial charge in [0.2, 0.25) is 0 Å². The molecule has 0 nitrogen and oxygen atoms in total. The molecule has 0 unspecified atom stereocenters. The average Bonchev–Trinajstić information content (AvgIpc) is 1.62. The number of hydrogen-bond donors (Lipinski definition) is 0. The lowest BCUT2D eigenvalue weighted by molar-refractivity contribution is -0.261. The highest BCUT2D eigenvalue weighted by molar-refractivity contribution is 6.30. The second-order valence-electron chi connectivity index (χ2n) is 1.42. The Morgan fingerprint density at radius 1 is 1.10 bits per heavy atom. The van der Waals surface area contributed by atoms with Crippen LogP contribution in [0.25, 0.3) is 0 Å². The van der Waals surface area contributed by atoms with Crippen LogP contribution in [-0.4, -0.2) is 12.1 Å². The van der Waals surface area contributed by atoms with Crippen LogP contribution in [0.1, 0.15) is 0 Å². The summed E-state index contributed by atoms with van der Waals surface area (Å²) in [5.41, 5.74) is 0. The number of halogens is 6. The highest BCUT2D eigenvalue weighted by atomic mass is 35.5. The average molecular weight is 179 g/mol. The van der Waals surface area contributed by atoms with Crippen LogP contribution in [0.3, 0.4) is 0 Å². The summed E-state index contributed by atoms with van der Waals surface area (Å²) in [4.78, 5) is 0. The van der Waals surface area contributed by atoms with E-state index in [9.17, 15) is 22.0 Å². The van der Waals surface area contributed by atoms with Gasteiger partial charge in [-0.3, -0.25) is 0 Å². The molecule has 0 aliphatic carbocycles. The molecule has 0 spiro atoms. The first kappa shape index (κ1) is 9.68. The fourth-order valence-corrected chi connectivity index (χ4v) is 0.243. The third-order valence-electron chi connectivity index (χ3n) is 0.656. The molecule has 0 aliphatic heterocycles. The Kier molecular flexibility index (Phi) is 2.30. The van der Waals surface area contributed by atoms with Crippen LogP contribution >= 0.6 is 11.6 Å². The number of allylic oxidation sites excluding steroid dienone is 1. The Bertz CT molecular complexity index is 146. The van der Waals surface area contributed by atoms with Crippen LogP contribution in [-0.2, 0) is 0 Å². The van der Waals surface area contributed by atoms with Gasteiger partial charge >= 0.3 is 12.1 Å². The predicted molar refractivity (Wildman–Crippen MR) is 24.7 cm³/mol. The first-order chi connectivity index (χ1) is 4.19. The summed E-state index contributed by atoms with van der Waals surface area (Å²) < 4.78 is 56.7. The normalized spacial score (nSPS) is 13.4. The lowest BCUT2D eigenvalue weighted by Crippen LogP contribution is -2.36. The predicted octanol–water partition coefficient (Wildman–Crippen LogP) is 2.74. The molecule has 0 saturated carbocycles. The van der Waals surface area contributed by atoms with Crippen molar-refractivity contribution in [3.8, 4) is 0 Å². The Balaban J connectivity index is 4.57. The van der Waals surface area contributed by atoms with E-state index in [-0.39, 0.29) is 0 Å². The summed E-state index contributed by atoms with van der Waals surface area (Å²) in [5.74, 6) is -5.10. The molecular formula is C4HClF5. The van der Waals surface area contributed by atoms with Crippen LogP contribution in [0, 0.1) is 6.58 Å². The van der Waals surface area contributed by atoms with Crippen LogP contribution < -0.4 is 0 Å². The summed E-state index contributed by atoms with van der Waals surface area (Å²) in [6.07, 6.45) is -5.71. The van der Waals surface area contributed by atoms with Crippen LogP contribution in [0.4, 0.5) is 22.0 Å². The van der Waals surface area contributed by atoms with Crippen molar-refractivity contribution in [2.45, 2.75) is 12.1 Å². The molecule has 59 valence electrons. The molecule has 0 atom stereocenters. The van der Waals surface area contributed by atoms with E-state index in [0.717, 1.165) is 0 Å². The van der Waals surface area contributed by atoms with Crippen LogP contribution in [0.2, 0.25) is 0 Å². The molecule has 0 aliphatic rings. The maximum absolute atomic E-state index is 11.6. The number of rotatable bonds is 1. The second kappa shape index (κ2) is 2.38. The summed E-state index contributed by atoms with van der Waals surface area (Å²) in [6.45, 7) is 4.07. The molecule has 6 heteroatoms. The topological polar surface area (TPSA) is 0 Å². The van der Waals surface area contributed by atoms with Gasteiger partial charge in [-0.1, -0.05) is 11.6 Å². The molecule has 0 N–H and O–H groups in total. The molecule has 0 aromatic rings. The first-order valence-electron chi connectivity index (χ1n) is 1.92. The highest BCUT2D eigenvalue weighted by Crippen LogP contribution is 2.41. The van der Waals surface area contributed by atoms with Crippen molar-refractivity contribution in [1.29, 1.82) is 0 Å². The van der Waals surface area contributed by atoms with Crippen molar-refractivity contribution in [3.63, 3.8) is 0 Å². The van der Waals surface area contributed by atoms with E-state index in [2.05, 4.69) is 18.2 Å². The molecule has 0 aromatic heterocycles. The van der Waals surface area contributed by atoms with Crippen molar-refractivity contribution < 1.29 is 22.0 Å². The van der Waals surface area contributed by atoms with Gasteiger partial charge in [-0.15, -0.1) is 0 Å². The largest absolute Gasteiger partial charge is 0.459 e. The Hall–Kier alpha value is -0.320. The number of hydrogen-bond acceptors (Lipinski definition) is 0. The zero-order chi connectivity index (χ0) is 8.58. The van der Waals surface area contributed by atoms with Gasteiger partial charge < -0.3 is 0 Å².